The molecule has 0 radical (unpaired) electrons. The number of carbonyl (C=O) groups excluding carboxylic acids is 1. The fourth-order valence-corrected chi connectivity index (χ4v) is 4.37. The minimum Gasteiger partial charge on any atom is -0.346 e. The number of rotatable bonds is 3. The van der Waals surface area contributed by atoms with Gasteiger partial charge in [-0.2, -0.15) is 0 Å². The van der Waals surface area contributed by atoms with Gasteiger partial charge in [0.15, 0.2) is 9.84 Å². The summed E-state index contributed by atoms with van der Waals surface area (Å²) in [6, 6.07) is 13.0. The van der Waals surface area contributed by atoms with Gasteiger partial charge in [-0.15, -0.1) is 0 Å². The molecule has 0 unspecified atom stereocenters. The summed E-state index contributed by atoms with van der Waals surface area (Å²) < 4.78 is 23.7. The Morgan fingerprint density at radius 2 is 1.67 bits per heavy atom. The van der Waals surface area contributed by atoms with E-state index in [0.29, 0.717) is 11.1 Å². The number of sulfone groups is 1. The molecule has 126 valence electrons. The van der Waals surface area contributed by atoms with Crippen molar-refractivity contribution in [1.82, 2.24) is 5.32 Å². The minimum absolute atomic E-state index is 0.204. The zero-order chi connectivity index (χ0) is 17.5. The molecule has 24 heavy (non-hydrogen) atoms. The first kappa shape index (κ1) is 16.7. The molecule has 0 aliphatic heterocycles. The number of hydrogen-bond acceptors (Lipinski definition) is 3. The average molecular weight is 343 g/mol. The monoisotopic (exact) mass is 343 g/mol. The lowest BCUT2D eigenvalue weighted by Gasteiger charge is -2.25. The standard InChI is InChI=1S/C19H21NO3S/c1-13-8-9-14(10-17(13)24(3,22)23)18(21)20-19(2)11-15-6-4-5-7-16(15)12-19/h4-10H,11-12H2,1-3H3,(H,20,21). The van der Waals surface area contributed by atoms with Gasteiger partial charge >= 0.3 is 0 Å². The Bertz CT molecular complexity index is 891. The molecule has 2 aromatic rings. The van der Waals surface area contributed by atoms with Crippen LogP contribution in [0.1, 0.15) is 34.0 Å². The van der Waals surface area contributed by atoms with Gasteiger partial charge in [0.2, 0.25) is 0 Å². The van der Waals surface area contributed by atoms with Gasteiger partial charge in [0.25, 0.3) is 5.91 Å². The van der Waals surface area contributed by atoms with E-state index in [4.69, 9.17) is 0 Å². The highest BCUT2D eigenvalue weighted by Gasteiger charge is 2.34. The Hall–Kier alpha value is -2.14. The molecule has 0 saturated heterocycles. The van der Waals surface area contributed by atoms with Crippen LogP contribution in [-0.4, -0.2) is 26.1 Å². The van der Waals surface area contributed by atoms with E-state index in [1.807, 2.05) is 19.1 Å². The van der Waals surface area contributed by atoms with Crippen LogP contribution >= 0.6 is 0 Å². The quantitative estimate of drug-likeness (QED) is 0.932. The third-order valence-electron chi connectivity index (χ3n) is 4.54. The number of carbonyl (C=O) groups is 1. The minimum atomic E-state index is -3.36. The van der Waals surface area contributed by atoms with E-state index in [1.54, 1.807) is 19.1 Å². The van der Waals surface area contributed by atoms with Gasteiger partial charge < -0.3 is 5.32 Å². The van der Waals surface area contributed by atoms with E-state index in [9.17, 15) is 13.2 Å². The first-order valence-electron chi connectivity index (χ1n) is 7.88. The molecular formula is C19H21NO3S. The first-order chi connectivity index (χ1) is 11.2. The Kier molecular flexibility index (Phi) is 4.00. The third-order valence-corrected chi connectivity index (χ3v) is 5.78. The third kappa shape index (κ3) is 3.22. The van der Waals surface area contributed by atoms with E-state index in [1.165, 1.54) is 17.2 Å². The fourth-order valence-electron chi connectivity index (χ4n) is 3.38. The van der Waals surface area contributed by atoms with Crippen LogP contribution in [0.5, 0.6) is 0 Å². The molecule has 0 bridgehead atoms. The SMILES string of the molecule is Cc1ccc(C(=O)NC2(C)Cc3ccccc3C2)cc1S(C)(=O)=O. The van der Waals surface area contributed by atoms with Crippen LogP contribution in [0.3, 0.4) is 0 Å². The Balaban J connectivity index is 1.84. The molecule has 3 rings (SSSR count). The van der Waals surface area contributed by atoms with Crippen LogP contribution in [0.25, 0.3) is 0 Å². The van der Waals surface area contributed by atoms with E-state index in [0.717, 1.165) is 19.1 Å². The van der Waals surface area contributed by atoms with Crippen molar-refractivity contribution in [1.29, 1.82) is 0 Å². The summed E-state index contributed by atoms with van der Waals surface area (Å²) in [5, 5.41) is 3.08. The molecule has 0 aromatic heterocycles. The van der Waals surface area contributed by atoms with Crippen molar-refractivity contribution in [2.45, 2.75) is 37.1 Å². The normalized spacial score (nSPS) is 15.8. The van der Waals surface area contributed by atoms with Crippen molar-refractivity contribution in [3.05, 3.63) is 64.7 Å². The van der Waals surface area contributed by atoms with Gasteiger partial charge in [0.05, 0.1) is 4.90 Å². The summed E-state index contributed by atoms with van der Waals surface area (Å²) >= 11 is 0. The van der Waals surface area contributed by atoms with Crippen molar-refractivity contribution >= 4 is 15.7 Å². The number of fused-ring (bicyclic) bond motifs is 1. The van der Waals surface area contributed by atoms with Crippen molar-refractivity contribution in [2.75, 3.05) is 6.26 Å². The van der Waals surface area contributed by atoms with Crippen molar-refractivity contribution in [3.63, 3.8) is 0 Å². The Morgan fingerprint density at radius 1 is 1.08 bits per heavy atom. The maximum Gasteiger partial charge on any atom is 0.251 e. The Morgan fingerprint density at radius 3 is 2.21 bits per heavy atom. The predicted octanol–water partition coefficient (Wildman–Crippen LogP) is 2.69. The van der Waals surface area contributed by atoms with Crippen LogP contribution in [0.4, 0.5) is 0 Å². The van der Waals surface area contributed by atoms with Gasteiger partial charge in [-0.05, 0) is 55.5 Å². The molecule has 0 atom stereocenters. The lowest BCUT2D eigenvalue weighted by Crippen LogP contribution is -2.46. The Labute approximate surface area is 142 Å². The topological polar surface area (TPSA) is 63.2 Å². The number of nitrogens with one attached hydrogen (secondary N) is 1. The molecule has 0 saturated carbocycles. The molecule has 0 fully saturated rings. The van der Waals surface area contributed by atoms with E-state index in [2.05, 4.69) is 17.4 Å². The van der Waals surface area contributed by atoms with Crippen LogP contribution < -0.4 is 5.32 Å². The molecule has 1 N–H and O–H groups in total. The second kappa shape index (κ2) is 5.74. The second-order valence-electron chi connectivity index (χ2n) is 6.89. The lowest BCUT2D eigenvalue weighted by molar-refractivity contribution is 0.0909. The van der Waals surface area contributed by atoms with E-state index >= 15 is 0 Å². The summed E-state index contributed by atoms with van der Waals surface area (Å²) in [6.45, 7) is 3.75. The highest BCUT2D eigenvalue weighted by atomic mass is 32.2. The first-order valence-corrected chi connectivity index (χ1v) is 9.77. The molecule has 2 aromatic carbocycles. The van der Waals surface area contributed by atoms with Crippen molar-refractivity contribution in [3.8, 4) is 0 Å². The van der Waals surface area contributed by atoms with Crippen LogP contribution in [-0.2, 0) is 22.7 Å². The van der Waals surface area contributed by atoms with Crippen LogP contribution in [0.2, 0.25) is 0 Å². The van der Waals surface area contributed by atoms with Gasteiger partial charge in [-0.25, -0.2) is 8.42 Å². The summed E-state index contributed by atoms with van der Waals surface area (Å²) in [5.41, 5.74) is 3.17. The van der Waals surface area contributed by atoms with Gasteiger partial charge in [-0.1, -0.05) is 30.3 Å². The fraction of sp³-hybridized carbons (Fsp3) is 0.316. The maximum absolute atomic E-state index is 12.6. The van der Waals surface area contributed by atoms with Gasteiger partial charge in [0.1, 0.15) is 0 Å². The van der Waals surface area contributed by atoms with Crippen molar-refractivity contribution in [2.24, 2.45) is 0 Å². The molecule has 5 heteroatoms. The number of aryl methyl sites for hydroxylation is 1. The lowest BCUT2D eigenvalue weighted by atomic mass is 9.97. The molecule has 0 spiro atoms. The van der Waals surface area contributed by atoms with Crippen molar-refractivity contribution < 1.29 is 13.2 Å². The molecule has 1 amide bonds. The number of amides is 1. The summed E-state index contributed by atoms with van der Waals surface area (Å²) in [7, 11) is -3.36. The molecule has 1 aliphatic rings. The van der Waals surface area contributed by atoms with Crippen LogP contribution in [0.15, 0.2) is 47.4 Å². The molecule has 1 aliphatic carbocycles. The second-order valence-corrected chi connectivity index (χ2v) is 8.87. The summed E-state index contributed by atoms with van der Waals surface area (Å²) in [6.07, 6.45) is 2.71. The average Bonchev–Trinajstić information content (AvgIpc) is 2.81. The highest BCUT2D eigenvalue weighted by Crippen LogP contribution is 2.30. The summed E-state index contributed by atoms with van der Waals surface area (Å²) in [5.74, 6) is -0.241. The smallest absolute Gasteiger partial charge is 0.251 e. The largest absolute Gasteiger partial charge is 0.346 e. The molecular weight excluding hydrogens is 322 g/mol. The summed E-state index contributed by atoms with van der Waals surface area (Å²) in [4.78, 5) is 12.8. The van der Waals surface area contributed by atoms with E-state index < -0.39 is 9.84 Å². The predicted molar refractivity (Wildman–Crippen MR) is 94.0 cm³/mol. The zero-order valence-electron chi connectivity index (χ0n) is 14.1. The van der Waals surface area contributed by atoms with E-state index in [-0.39, 0.29) is 16.3 Å². The van der Waals surface area contributed by atoms with Gasteiger partial charge in [-0.3, -0.25) is 4.79 Å². The number of benzene rings is 2. The van der Waals surface area contributed by atoms with Crippen LogP contribution in [0, 0.1) is 6.92 Å². The highest BCUT2D eigenvalue weighted by molar-refractivity contribution is 7.90. The molecule has 0 heterocycles. The zero-order valence-corrected chi connectivity index (χ0v) is 14.9. The van der Waals surface area contributed by atoms with Gasteiger partial charge in [0, 0.05) is 17.4 Å². The number of hydrogen-bond donors (Lipinski definition) is 1. The molecule has 4 nitrogen and oxygen atoms in total. The maximum atomic E-state index is 12.6.